The van der Waals surface area contributed by atoms with Crippen LogP contribution in [0.2, 0.25) is 0 Å². The van der Waals surface area contributed by atoms with Crippen molar-refractivity contribution in [1.82, 2.24) is 5.32 Å². The van der Waals surface area contributed by atoms with Gasteiger partial charge in [-0.1, -0.05) is 12.1 Å². The number of carbonyl (C=O) groups is 1. The number of alkyl halides is 3. The van der Waals surface area contributed by atoms with Gasteiger partial charge in [-0.25, -0.2) is 13.6 Å². The first-order chi connectivity index (χ1) is 12.7. The number of hydrogen-bond acceptors (Lipinski definition) is 3. The van der Waals surface area contributed by atoms with Crippen molar-refractivity contribution in [1.29, 1.82) is 5.26 Å². The number of ether oxygens (including phenoxy) is 1. The van der Waals surface area contributed by atoms with E-state index in [1.807, 2.05) is 6.07 Å². The number of anilines is 1. The first kappa shape index (κ1) is 20.0. The Labute approximate surface area is 150 Å². The second-order valence-electron chi connectivity index (χ2n) is 5.24. The average Bonchev–Trinajstić information content (AvgIpc) is 2.61. The van der Waals surface area contributed by atoms with E-state index in [4.69, 9.17) is 10.00 Å². The predicted molar refractivity (Wildman–Crippen MR) is 85.0 cm³/mol. The molecule has 10 heteroatoms. The molecule has 0 heterocycles. The third-order valence-electron chi connectivity index (χ3n) is 3.47. The van der Waals surface area contributed by atoms with Gasteiger partial charge in [0.1, 0.15) is 5.75 Å². The fourth-order valence-corrected chi connectivity index (χ4v) is 2.23. The number of nitrogens with zero attached hydrogens (tertiary/aromatic N) is 1. The Kier molecular flexibility index (Phi) is 5.85. The lowest BCUT2D eigenvalue weighted by Crippen LogP contribution is -2.41. The van der Waals surface area contributed by atoms with Gasteiger partial charge in [-0.05, 0) is 18.2 Å². The van der Waals surface area contributed by atoms with Crippen LogP contribution in [0.25, 0.3) is 0 Å². The highest BCUT2D eigenvalue weighted by atomic mass is 19.4. The molecular weight excluding hydrogens is 373 g/mol. The average molecular weight is 385 g/mol. The number of nitrogens with one attached hydrogen (secondary N) is 2. The molecule has 0 saturated heterocycles. The van der Waals surface area contributed by atoms with E-state index in [0.29, 0.717) is 6.07 Å². The normalized spacial score (nSPS) is 12.0. The van der Waals surface area contributed by atoms with Crippen LogP contribution in [0.1, 0.15) is 17.2 Å². The van der Waals surface area contributed by atoms with E-state index in [9.17, 15) is 26.7 Å². The monoisotopic (exact) mass is 385 g/mol. The molecule has 0 aliphatic heterocycles. The molecule has 2 aromatic carbocycles. The van der Waals surface area contributed by atoms with Gasteiger partial charge >= 0.3 is 12.2 Å². The van der Waals surface area contributed by atoms with Crippen molar-refractivity contribution in [3.05, 3.63) is 59.2 Å². The predicted octanol–water partition coefficient (Wildman–Crippen LogP) is 4.27. The summed E-state index contributed by atoms with van der Waals surface area (Å²) in [5, 5.41) is 12.5. The highest BCUT2D eigenvalue weighted by molar-refractivity contribution is 5.91. The van der Waals surface area contributed by atoms with Crippen LogP contribution >= 0.6 is 0 Å². The minimum Gasteiger partial charge on any atom is -0.495 e. The minimum absolute atomic E-state index is 0.0189. The van der Waals surface area contributed by atoms with Crippen LogP contribution in [0.15, 0.2) is 36.4 Å². The maximum Gasteiger partial charge on any atom is 0.413 e. The molecule has 0 spiro atoms. The molecule has 2 N–H and O–H groups in total. The summed E-state index contributed by atoms with van der Waals surface area (Å²) in [7, 11) is 1.24. The fourth-order valence-electron chi connectivity index (χ4n) is 2.23. The summed E-state index contributed by atoms with van der Waals surface area (Å²) in [4.78, 5) is 12.0. The third-order valence-corrected chi connectivity index (χ3v) is 3.47. The smallest absolute Gasteiger partial charge is 0.413 e. The molecule has 1 atom stereocenters. The van der Waals surface area contributed by atoms with Crippen molar-refractivity contribution >= 4 is 11.7 Å². The van der Waals surface area contributed by atoms with E-state index < -0.39 is 35.4 Å². The van der Waals surface area contributed by atoms with Gasteiger partial charge in [0.05, 0.1) is 24.4 Å². The molecule has 5 nitrogen and oxygen atoms in total. The Morgan fingerprint density at radius 2 is 1.93 bits per heavy atom. The van der Waals surface area contributed by atoms with Gasteiger partial charge in [-0.3, -0.25) is 0 Å². The quantitative estimate of drug-likeness (QED) is 0.772. The number of benzene rings is 2. The van der Waals surface area contributed by atoms with Crippen molar-refractivity contribution in [2.45, 2.75) is 12.2 Å². The van der Waals surface area contributed by atoms with Crippen molar-refractivity contribution in [2.24, 2.45) is 0 Å². The van der Waals surface area contributed by atoms with Gasteiger partial charge in [0, 0.05) is 11.6 Å². The number of rotatable bonds is 4. The van der Waals surface area contributed by atoms with Crippen LogP contribution < -0.4 is 15.4 Å². The van der Waals surface area contributed by atoms with E-state index >= 15 is 0 Å². The Hall–Kier alpha value is -3.35. The largest absolute Gasteiger partial charge is 0.495 e. The molecule has 0 aromatic heterocycles. The molecule has 0 aliphatic carbocycles. The molecule has 2 amide bonds. The first-order valence-electron chi connectivity index (χ1n) is 7.33. The van der Waals surface area contributed by atoms with Gasteiger partial charge in [-0.15, -0.1) is 0 Å². The summed E-state index contributed by atoms with van der Waals surface area (Å²) < 4.78 is 71.8. The Balaban J connectivity index is 2.28. The van der Waals surface area contributed by atoms with Crippen LogP contribution in [-0.2, 0) is 0 Å². The number of methoxy groups -OCH3 is 1. The van der Waals surface area contributed by atoms with Crippen LogP contribution in [0.4, 0.5) is 32.4 Å². The van der Waals surface area contributed by atoms with Crippen LogP contribution in [0.5, 0.6) is 5.75 Å². The van der Waals surface area contributed by atoms with Crippen LogP contribution in [0, 0.1) is 23.0 Å². The molecule has 0 aliphatic rings. The van der Waals surface area contributed by atoms with Crippen LogP contribution in [-0.4, -0.2) is 19.3 Å². The highest BCUT2D eigenvalue weighted by Crippen LogP contribution is 2.35. The van der Waals surface area contributed by atoms with Crippen LogP contribution in [0.3, 0.4) is 0 Å². The molecular formula is C17H12F5N3O2. The molecule has 2 aromatic rings. The maximum atomic E-state index is 13.8. The van der Waals surface area contributed by atoms with Gasteiger partial charge in [0.15, 0.2) is 17.7 Å². The number of amides is 2. The fraction of sp³-hybridized carbons (Fsp3) is 0.176. The Bertz CT molecular complexity index is 893. The first-order valence-corrected chi connectivity index (χ1v) is 7.33. The number of nitriles is 1. The van der Waals surface area contributed by atoms with Gasteiger partial charge in [0.2, 0.25) is 0 Å². The van der Waals surface area contributed by atoms with Crippen molar-refractivity contribution in [3.63, 3.8) is 0 Å². The molecule has 2 rings (SSSR count). The third kappa shape index (κ3) is 4.63. The second-order valence-corrected chi connectivity index (χ2v) is 5.24. The summed E-state index contributed by atoms with van der Waals surface area (Å²) in [5.41, 5.74) is -0.883. The second kappa shape index (κ2) is 7.90. The molecule has 142 valence electrons. The summed E-state index contributed by atoms with van der Waals surface area (Å²) >= 11 is 0. The number of halogens is 5. The highest BCUT2D eigenvalue weighted by Gasteiger charge is 2.43. The molecule has 0 bridgehead atoms. The van der Waals surface area contributed by atoms with Crippen molar-refractivity contribution < 1.29 is 31.5 Å². The lowest BCUT2D eigenvalue weighted by molar-refractivity contribution is -0.155. The number of carbonyl (C=O) groups excluding carboxylic acids is 1. The number of urea groups is 1. The lowest BCUT2D eigenvalue weighted by Gasteiger charge is -2.23. The van der Waals surface area contributed by atoms with E-state index in [0.717, 1.165) is 12.1 Å². The van der Waals surface area contributed by atoms with E-state index in [1.54, 1.807) is 5.32 Å². The van der Waals surface area contributed by atoms with Crippen molar-refractivity contribution in [3.8, 4) is 11.8 Å². The van der Waals surface area contributed by atoms with E-state index in [1.165, 1.54) is 25.3 Å². The maximum absolute atomic E-state index is 13.8. The van der Waals surface area contributed by atoms with Crippen molar-refractivity contribution in [2.75, 3.05) is 12.4 Å². The summed E-state index contributed by atoms with van der Waals surface area (Å²) in [6.45, 7) is 0. The molecule has 27 heavy (non-hydrogen) atoms. The Morgan fingerprint density at radius 3 is 2.52 bits per heavy atom. The molecule has 0 saturated carbocycles. The zero-order valence-corrected chi connectivity index (χ0v) is 13.7. The standard InChI is InChI=1S/C17H12F5N3O2/c1-27-13-7-9(8-23)5-6-12(13)24-16(26)25-15(17(20,21)22)10-3-2-4-11(18)14(10)19/h2-7,15H,1H3,(H2,24,25,26). The van der Waals surface area contributed by atoms with Gasteiger partial charge in [0.25, 0.3) is 0 Å². The molecule has 0 fully saturated rings. The minimum atomic E-state index is -5.08. The zero-order chi connectivity index (χ0) is 20.2. The Morgan fingerprint density at radius 1 is 1.22 bits per heavy atom. The summed E-state index contributed by atoms with van der Waals surface area (Å²) in [6.07, 6.45) is -5.08. The molecule has 0 radical (unpaired) electrons. The van der Waals surface area contributed by atoms with E-state index in [2.05, 4.69) is 5.32 Å². The summed E-state index contributed by atoms with van der Waals surface area (Å²) in [6, 6.07) is 3.83. The molecule has 1 unspecified atom stereocenters. The van der Waals surface area contributed by atoms with E-state index in [-0.39, 0.29) is 17.0 Å². The SMILES string of the molecule is COc1cc(C#N)ccc1NC(=O)NC(c1cccc(F)c1F)C(F)(F)F. The van der Waals surface area contributed by atoms with Gasteiger partial charge in [-0.2, -0.15) is 18.4 Å². The lowest BCUT2D eigenvalue weighted by atomic mass is 10.1. The topological polar surface area (TPSA) is 74.1 Å². The van der Waals surface area contributed by atoms with Gasteiger partial charge < -0.3 is 15.4 Å². The zero-order valence-electron chi connectivity index (χ0n) is 13.7. The summed E-state index contributed by atoms with van der Waals surface area (Å²) in [5.74, 6) is -3.15. The number of hydrogen-bond donors (Lipinski definition) is 2.